The van der Waals surface area contributed by atoms with Crippen molar-refractivity contribution >= 4 is 17.8 Å². The van der Waals surface area contributed by atoms with Crippen LogP contribution < -0.4 is 4.90 Å². The van der Waals surface area contributed by atoms with E-state index in [-0.39, 0.29) is 5.91 Å². The molecule has 1 aromatic heterocycles. The standard InChI is InChI=1S/C25H26N4O3/c1-19(23(30)28-14-16-29(17-15-28)25-26-12-7-13-27-25)32-24(31)22-11-6-5-10-21(22)18-20-8-3-2-4-9-20/h2-13,19H,14-18H2,1H3. The van der Waals surface area contributed by atoms with Gasteiger partial charge in [-0.1, -0.05) is 48.5 Å². The van der Waals surface area contributed by atoms with Crippen molar-refractivity contribution in [3.8, 4) is 0 Å². The highest BCUT2D eigenvalue weighted by Gasteiger charge is 2.28. The Morgan fingerprint density at radius 1 is 0.906 bits per heavy atom. The molecule has 1 unspecified atom stereocenters. The number of carbonyl (C=O) groups excluding carboxylic acids is 2. The number of amides is 1. The highest BCUT2D eigenvalue weighted by Crippen LogP contribution is 2.17. The zero-order valence-electron chi connectivity index (χ0n) is 18.1. The third-order valence-electron chi connectivity index (χ3n) is 5.53. The Balaban J connectivity index is 1.35. The zero-order chi connectivity index (χ0) is 22.3. The molecule has 0 spiro atoms. The minimum absolute atomic E-state index is 0.187. The molecule has 0 radical (unpaired) electrons. The summed E-state index contributed by atoms with van der Waals surface area (Å²) < 4.78 is 5.57. The van der Waals surface area contributed by atoms with Gasteiger partial charge >= 0.3 is 5.97 Å². The van der Waals surface area contributed by atoms with Crippen LogP contribution in [0, 0.1) is 0 Å². The number of rotatable bonds is 6. The predicted molar refractivity (Wildman–Crippen MR) is 121 cm³/mol. The van der Waals surface area contributed by atoms with E-state index in [0.717, 1.165) is 11.1 Å². The van der Waals surface area contributed by atoms with Crippen LogP contribution in [-0.2, 0) is 16.0 Å². The van der Waals surface area contributed by atoms with E-state index in [1.165, 1.54) is 0 Å². The van der Waals surface area contributed by atoms with Gasteiger partial charge in [0.15, 0.2) is 6.10 Å². The third kappa shape index (κ3) is 5.11. The maximum Gasteiger partial charge on any atom is 0.339 e. The SMILES string of the molecule is CC(OC(=O)c1ccccc1Cc1ccccc1)C(=O)N1CCN(c2ncccn2)CC1. The van der Waals surface area contributed by atoms with Crippen molar-refractivity contribution in [1.29, 1.82) is 0 Å². The molecule has 2 aromatic carbocycles. The van der Waals surface area contributed by atoms with Gasteiger partial charge in [0.1, 0.15) is 0 Å². The summed E-state index contributed by atoms with van der Waals surface area (Å²) in [4.78, 5) is 38.0. The van der Waals surface area contributed by atoms with E-state index in [2.05, 4.69) is 9.97 Å². The summed E-state index contributed by atoms with van der Waals surface area (Å²) in [7, 11) is 0. The second-order valence-electron chi connectivity index (χ2n) is 7.73. The molecule has 2 heterocycles. The summed E-state index contributed by atoms with van der Waals surface area (Å²) in [5.74, 6) is -0.00433. The normalized spacial score (nSPS) is 14.7. The zero-order valence-corrected chi connectivity index (χ0v) is 18.1. The number of benzene rings is 2. The number of esters is 1. The van der Waals surface area contributed by atoms with E-state index >= 15 is 0 Å². The van der Waals surface area contributed by atoms with Gasteiger partial charge in [0, 0.05) is 38.6 Å². The van der Waals surface area contributed by atoms with Gasteiger partial charge in [-0.25, -0.2) is 14.8 Å². The molecule has 1 aliphatic heterocycles. The minimum Gasteiger partial charge on any atom is -0.449 e. The lowest BCUT2D eigenvalue weighted by molar-refractivity contribution is -0.140. The van der Waals surface area contributed by atoms with Crippen LogP contribution in [0.3, 0.4) is 0 Å². The van der Waals surface area contributed by atoms with Crippen molar-refractivity contribution in [1.82, 2.24) is 14.9 Å². The van der Waals surface area contributed by atoms with Crippen LogP contribution in [0.5, 0.6) is 0 Å². The molecule has 0 saturated carbocycles. The fraction of sp³-hybridized carbons (Fsp3) is 0.280. The van der Waals surface area contributed by atoms with E-state index in [9.17, 15) is 9.59 Å². The number of nitrogens with zero attached hydrogens (tertiary/aromatic N) is 4. The van der Waals surface area contributed by atoms with Crippen LogP contribution in [0.2, 0.25) is 0 Å². The molecular formula is C25H26N4O3. The fourth-order valence-corrected chi connectivity index (χ4v) is 3.80. The molecule has 4 rings (SSSR count). The number of piperazine rings is 1. The van der Waals surface area contributed by atoms with Crippen molar-refractivity contribution in [2.75, 3.05) is 31.1 Å². The average Bonchev–Trinajstić information content (AvgIpc) is 2.85. The van der Waals surface area contributed by atoms with Gasteiger partial charge in [0.05, 0.1) is 5.56 Å². The molecule has 164 valence electrons. The van der Waals surface area contributed by atoms with Gasteiger partial charge in [-0.3, -0.25) is 4.79 Å². The number of hydrogen-bond donors (Lipinski definition) is 0. The Kier molecular flexibility index (Phi) is 6.75. The maximum atomic E-state index is 12.9. The van der Waals surface area contributed by atoms with Crippen LogP contribution >= 0.6 is 0 Å². The van der Waals surface area contributed by atoms with Crippen LogP contribution in [0.1, 0.15) is 28.4 Å². The molecule has 0 N–H and O–H groups in total. The summed E-state index contributed by atoms with van der Waals surface area (Å²) in [6.07, 6.45) is 3.18. The molecule has 7 nitrogen and oxygen atoms in total. The summed E-state index contributed by atoms with van der Waals surface area (Å²) in [5, 5.41) is 0. The first kappa shape index (κ1) is 21.5. The molecule has 3 aromatic rings. The van der Waals surface area contributed by atoms with E-state index in [4.69, 9.17) is 4.74 Å². The molecule has 1 atom stereocenters. The Morgan fingerprint density at radius 3 is 2.28 bits per heavy atom. The largest absolute Gasteiger partial charge is 0.449 e. The quantitative estimate of drug-likeness (QED) is 0.560. The van der Waals surface area contributed by atoms with Gasteiger partial charge < -0.3 is 14.5 Å². The van der Waals surface area contributed by atoms with Crippen molar-refractivity contribution < 1.29 is 14.3 Å². The lowest BCUT2D eigenvalue weighted by atomic mass is 10.00. The highest BCUT2D eigenvalue weighted by atomic mass is 16.5. The van der Waals surface area contributed by atoms with Gasteiger partial charge in [-0.15, -0.1) is 0 Å². The predicted octanol–water partition coefficient (Wildman–Crippen LogP) is 2.96. The third-order valence-corrected chi connectivity index (χ3v) is 5.53. The Labute approximate surface area is 187 Å². The maximum absolute atomic E-state index is 12.9. The smallest absolute Gasteiger partial charge is 0.339 e. The van der Waals surface area contributed by atoms with Crippen LogP contribution in [0.4, 0.5) is 5.95 Å². The summed E-state index contributed by atoms with van der Waals surface area (Å²) in [6.45, 7) is 3.96. The first-order chi connectivity index (χ1) is 15.6. The second kappa shape index (κ2) is 10.0. The highest BCUT2D eigenvalue weighted by molar-refractivity contribution is 5.93. The molecule has 32 heavy (non-hydrogen) atoms. The molecule has 1 amide bonds. The molecule has 1 fully saturated rings. The first-order valence-electron chi connectivity index (χ1n) is 10.8. The summed E-state index contributed by atoms with van der Waals surface area (Å²) in [6, 6.07) is 19.1. The Morgan fingerprint density at radius 2 is 1.56 bits per heavy atom. The molecular weight excluding hydrogens is 404 g/mol. The lowest BCUT2D eigenvalue weighted by Gasteiger charge is -2.35. The van der Waals surface area contributed by atoms with Gasteiger partial charge in [0.2, 0.25) is 5.95 Å². The number of aromatic nitrogens is 2. The van der Waals surface area contributed by atoms with E-state index in [0.29, 0.717) is 44.1 Å². The van der Waals surface area contributed by atoms with Crippen molar-refractivity contribution in [2.45, 2.75) is 19.4 Å². The molecule has 1 aliphatic rings. The lowest BCUT2D eigenvalue weighted by Crippen LogP contribution is -2.52. The second-order valence-corrected chi connectivity index (χ2v) is 7.73. The van der Waals surface area contributed by atoms with Crippen LogP contribution in [0.15, 0.2) is 73.1 Å². The Bertz CT molecular complexity index is 1050. The average molecular weight is 431 g/mol. The summed E-state index contributed by atoms with van der Waals surface area (Å²) >= 11 is 0. The van der Waals surface area contributed by atoms with Crippen LogP contribution in [0.25, 0.3) is 0 Å². The topological polar surface area (TPSA) is 75.6 Å². The number of ether oxygens (including phenoxy) is 1. The molecule has 0 aliphatic carbocycles. The van der Waals surface area contributed by atoms with Gasteiger partial charge in [-0.05, 0) is 36.6 Å². The number of carbonyl (C=O) groups is 2. The molecule has 1 saturated heterocycles. The molecule has 7 heteroatoms. The van der Waals surface area contributed by atoms with E-state index in [1.807, 2.05) is 53.4 Å². The summed E-state index contributed by atoms with van der Waals surface area (Å²) in [5.41, 5.74) is 2.47. The van der Waals surface area contributed by atoms with Crippen molar-refractivity contribution in [3.05, 3.63) is 89.7 Å². The van der Waals surface area contributed by atoms with Crippen LogP contribution in [-0.4, -0.2) is 59.0 Å². The van der Waals surface area contributed by atoms with Crippen molar-refractivity contribution in [2.24, 2.45) is 0 Å². The van der Waals surface area contributed by atoms with Gasteiger partial charge in [0.25, 0.3) is 5.91 Å². The number of anilines is 1. The monoisotopic (exact) mass is 430 g/mol. The Hall–Kier alpha value is -3.74. The van der Waals surface area contributed by atoms with E-state index < -0.39 is 12.1 Å². The minimum atomic E-state index is -0.855. The molecule has 0 bridgehead atoms. The fourth-order valence-electron chi connectivity index (χ4n) is 3.80. The number of hydrogen-bond acceptors (Lipinski definition) is 6. The van der Waals surface area contributed by atoms with Gasteiger partial charge in [-0.2, -0.15) is 0 Å². The van der Waals surface area contributed by atoms with Crippen molar-refractivity contribution in [3.63, 3.8) is 0 Å². The first-order valence-corrected chi connectivity index (χ1v) is 10.8. The van der Waals surface area contributed by atoms with E-state index in [1.54, 1.807) is 36.4 Å².